The highest BCUT2D eigenvalue weighted by Crippen LogP contribution is 2.30. The number of aromatic nitrogens is 4. The van der Waals surface area contributed by atoms with Gasteiger partial charge < -0.3 is 15.8 Å². The van der Waals surface area contributed by atoms with Crippen LogP contribution in [-0.4, -0.2) is 26.2 Å². The summed E-state index contributed by atoms with van der Waals surface area (Å²) in [6, 6.07) is 11.2. The van der Waals surface area contributed by atoms with E-state index in [2.05, 4.69) is 25.1 Å². The molecule has 3 N–H and O–H groups in total. The maximum atomic E-state index is 12.3. The summed E-state index contributed by atoms with van der Waals surface area (Å²) in [6.45, 7) is -1.01. The van der Waals surface area contributed by atoms with Gasteiger partial charge in [-0.2, -0.15) is 18.9 Å². The zero-order valence-electron chi connectivity index (χ0n) is 15.1. The molecule has 4 aromatic rings. The Labute approximate surface area is 169 Å². The number of nitrogen functional groups attached to an aromatic ring is 1. The molecule has 0 fully saturated rings. The first kappa shape index (κ1) is 18.9. The Morgan fingerprint density at radius 1 is 1.14 bits per heavy atom. The zero-order chi connectivity index (χ0) is 20.5. The maximum absolute atomic E-state index is 12.3. The minimum absolute atomic E-state index is 0.0543. The lowest BCUT2D eigenvalue weighted by Gasteiger charge is -2.09. The number of pyridine rings is 1. The van der Waals surface area contributed by atoms with Crippen molar-refractivity contribution in [2.45, 2.75) is 13.5 Å². The van der Waals surface area contributed by atoms with Crippen LogP contribution in [0.3, 0.4) is 0 Å². The summed E-state index contributed by atoms with van der Waals surface area (Å²) >= 11 is 6.13. The highest BCUT2D eigenvalue weighted by molar-refractivity contribution is 6.31. The van der Waals surface area contributed by atoms with E-state index in [1.807, 2.05) is 6.92 Å². The van der Waals surface area contributed by atoms with Gasteiger partial charge >= 0.3 is 6.61 Å². The van der Waals surface area contributed by atoms with Crippen molar-refractivity contribution in [3.05, 3.63) is 59.4 Å². The van der Waals surface area contributed by atoms with Crippen LogP contribution in [0.2, 0.25) is 5.02 Å². The third-order valence-corrected chi connectivity index (χ3v) is 4.34. The van der Waals surface area contributed by atoms with Gasteiger partial charge in [-0.15, -0.1) is 0 Å². The lowest BCUT2D eigenvalue weighted by molar-refractivity contribution is -0.0498. The average molecular weight is 417 g/mol. The lowest BCUT2D eigenvalue weighted by Crippen LogP contribution is -2.03. The van der Waals surface area contributed by atoms with Crippen LogP contribution in [0.25, 0.3) is 16.8 Å². The van der Waals surface area contributed by atoms with Crippen molar-refractivity contribution >= 4 is 34.6 Å². The number of aryl methyl sites for hydroxylation is 1. The van der Waals surface area contributed by atoms with Crippen molar-refractivity contribution in [1.29, 1.82) is 0 Å². The molecule has 0 aliphatic heterocycles. The quantitative estimate of drug-likeness (QED) is 0.491. The molecule has 29 heavy (non-hydrogen) atoms. The molecule has 1 aromatic carbocycles. The number of nitrogens with one attached hydrogen (secondary N) is 1. The molecule has 7 nitrogen and oxygen atoms in total. The molecule has 0 radical (unpaired) electrons. The van der Waals surface area contributed by atoms with Gasteiger partial charge in [0.1, 0.15) is 11.6 Å². The van der Waals surface area contributed by atoms with Gasteiger partial charge in [-0.05, 0) is 43.3 Å². The normalized spacial score (nSPS) is 11.2. The molecular weight excluding hydrogens is 402 g/mol. The first-order chi connectivity index (χ1) is 13.9. The molecule has 3 aromatic heterocycles. The van der Waals surface area contributed by atoms with Crippen molar-refractivity contribution in [2.75, 3.05) is 11.1 Å². The molecule has 0 spiro atoms. The van der Waals surface area contributed by atoms with Crippen molar-refractivity contribution in [3.8, 4) is 17.0 Å². The maximum Gasteiger partial charge on any atom is 0.387 e. The van der Waals surface area contributed by atoms with E-state index in [1.165, 1.54) is 12.1 Å². The summed E-state index contributed by atoms with van der Waals surface area (Å²) in [5.74, 6) is 0.567. The molecule has 0 unspecified atom stereocenters. The fraction of sp³-hybridized carbons (Fsp3) is 0.105. The van der Waals surface area contributed by atoms with Crippen LogP contribution in [0.15, 0.2) is 48.7 Å². The molecule has 3 heterocycles. The van der Waals surface area contributed by atoms with Crippen molar-refractivity contribution < 1.29 is 13.5 Å². The van der Waals surface area contributed by atoms with Crippen molar-refractivity contribution in [3.63, 3.8) is 0 Å². The molecule has 0 saturated heterocycles. The van der Waals surface area contributed by atoms with Gasteiger partial charge in [0.15, 0.2) is 0 Å². The molecule has 0 aliphatic carbocycles. The molecule has 0 saturated carbocycles. The largest absolute Gasteiger partial charge is 0.435 e. The SMILES string of the molecule is Cc1nn2ccc(Cl)cc2c1-c1cc(N)nc(Nc2ccc(OC(F)F)cc2)n1. The number of benzene rings is 1. The third-order valence-electron chi connectivity index (χ3n) is 4.11. The molecule has 148 valence electrons. The molecule has 10 heteroatoms. The Morgan fingerprint density at radius 2 is 1.90 bits per heavy atom. The Morgan fingerprint density at radius 3 is 2.62 bits per heavy atom. The second-order valence-corrected chi connectivity index (χ2v) is 6.60. The molecular formula is C19H15ClF2N6O. The van der Waals surface area contributed by atoms with Crippen LogP contribution >= 0.6 is 11.6 Å². The summed E-state index contributed by atoms with van der Waals surface area (Å²) in [5, 5.41) is 8.05. The number of ether oxygens (including phenoxy) is 1. The van der Waals surface area contributed by atoms with E-state index in [0.29, 0.717) is 16.4 Å². The zero-order valence-corrected chi connectivity index (χ0v) is 15.9. The number of anilines is 3. The number of halogens is 3. The monoisotopic (exact) mass is 416 g/mol. The van der Waals surface area contributed by atoms with Crippen molar-refractivity contribution in [1.82, 2.24) is 19.6 Å². The van der Waals surface area contributed by atoms with Crippen LogP contribution in [0.5, 0.6) is 5.75 Å². The summed E-state index contributed by atoms with van der Waals surface area (Å²) in [7, 11) is 0. The molecule has 0 bridgehead atoms. The third kappa shape index (κ3) is 4.04. The van der Waals surface area contributed by atoms with Crippen LogP contribution in [0, 0.1) is 6.92 Å². The van der Waals surface area contributed by atoms with Gasteiger partial charge in [0.25, 0.3) is 0 Å². The predicted molar refractivity (Wildman–Crippen MR) is 107 cm³/mol. The number of fused-ring (bicyclic) bond motifs is 1. The number of alkyl halides is 2. The number of nitrogens with two attached hydrogens (primary N) is 1. The van der Waals surface area contributed by atoms with E-state index in [-0.39, 0.29) is 17.5 Å². The molecule has 4 rings (SSSR count). The van der Waals surface area contributed by atoms with Gasteiger partial charge in [-0.25, -0.2) is 9.50 Å². The smallest absolute Gasteiger partial charge is 0.387 e. The van der Waals surface area contributed by atoms with E-state index in [1.54, 1.807) is 41.0 Å². The molecule has 0 atom stereocenters. The highest BCUT2D eigenvalue weighted by atomic mass is 35.5. The van der Waals surface area contributed by atoms with Crippen LogP contribution in [0.4, 0.5) is 26.2 Å². The highest BCUT2D eigenvalue weighted by Gasteiger charge is 2.15. The second kappa shape index (κ2) is 7.51. The van der Waals surface area contributed by atoms with Gasteiger partial charge in [0, 0.05) is 28.5 Å². The second-order valence-electron chi connectivity index (χ2n) is 6.16. The Balaban J connectivity index is 1.69. The molecule has 0 aliphatic rings. The van der Waals surface area contributed by atoms with Crippen LogP contribution < -0.4 is 15.8 Å². The van der Waals surface area contributed by atoms with Crippen LogP contribution in [-0.2, 0) is 0 Å². The van der Waals surface area contributed by atoms with Gasteiger partial charge in [0.2, 0.25) is 5.95 Å². The summed E-state index contributed by atoms with van der Waals surface area (Å²) in [6.07, 6.45) is 1.76. The van der Waals surface area contributed by atoms with E-state index in [0.717, 1.165) is 16.8 Å². The van der Waals surface area contributed by atoms with E-state index in [4.69, 9.17) is 17.3 Å². The number of hydrogen-bond acceptors (Lipinski definition) is 6. The Kier molecular flexibility index (Phi) is 4.89. The lowest BCUT2D eigenvalue weighted by atomic mass is 10.1. The fourth-order valence-corrected chi connectivity index (χ4v) is 3.11. The molecule has 0 amide bonds. The van der Waals surface area contributed by atoms with Gasteiger partial charge in [-0.3, -0.25) is 0 Å². The summed E-state index contributed by atoms with van der Waals surface area (Å²) < 4.78 is 30.6. The standard InChI is InChI=1S/C19H15ClF2N6O/c1-10-17(15-8-11(20)6-7-28(15)27-10)14-9-16(23)26-19(25-14)24-12-2-4-13(5-3-12)29-18(21)22/h2-9,18H,1H3,(H3,23,24,25,26). The van der Waals surface area contributed by atoms with E-state index >= 15 is 0 Å². The van der Waals surface area contributed by atoms with Gasteiger partial charge in [-0.1, -0.05) is 11.6 Å². The number of hydrogen-bond donors (Lipinski definition) is 2. The topological polar surface area (TPSA) is 90.4 Å². The predicted octanol–water partition coefficient (Wildman–Crippen LogP) is 4.68. The van der Waals surface area contributed by atoms with E-state index < -0.39 is 6.61 Å². The minimum Gasteiger partial charge on any atom is -0.435 e. The summed E-state index contributed by atoms with van der Waals surface area (Å²) in [5.41, 5.74) is 9.46. The minimum atomic E-state index is -2.88. The van der Waals surface area contributed by atoms with E-state index in [9.17, 15) is 8.78 Å². The Hall–Kier alpha value is -3.46. The number of nitrogens with zero attached hydrogens (tertiary/aromatic N) is 4. The fourth-order valence-electron chi connectivity index (χ4n) is 2.95. The van der Waals surface area contributed by atoms with Crippen LogP contribution in [0.1, 0.15) is 5.69 Å². The van der Waals surface area contributed by atoms with Crippen molar-refractivity contribution in [2.24, 2.45) is 0 Å². The number of rotatable bonds is 5. The average Bonchev–Trinajstić information content (AvgIpc) is 2.97. The Bertz CT molecular complexity index is 1180. The van der Waals surface area contributed by atoms with Gasteiger partial charge in [0.05, 0.1) is 16.9 Å². The first-order valence-electron chi connectivity index (χ1n) is 8.50. The summed E-state index contributed by atoms with van der Waals surface area (Å²) in [4.78, 5) is 8.72. The first-order valence-corrected chi connectivity index (χ1v) is 8.88.